The van der Waals surface area contributed by atoms with Crippen molar-refractivity contribution in [3.8, 4) is 0 Å². The average molecular weight is 295 g/mol. The molecule has 1 aromatic carbocycles. The van der Waals surface area contributed by atoms with Crippen molar-refractivity contribution in [3.63, 3.8) is 0 Å². The molecule has 1 unspecified atom stereocenters. The van der Waals surface area contributed by atoms with Crippen LogP contribution in [0.3, 0.4) is 0 Å². The Hall–Kier alpha value is -1.59. The van der Waals surface area contributed by atoms with E-state index in [-0.39, 0.29) is 12.4 Å². The van der Waals surface area contributed by atoms with Gasteiger partial charge >= 0.3 is 0 Å². The zero-order valence-corrected chi connectivity index (χ0v) is 12.3. The summed E-state index contributed by atoms with van der Waals surface area (Å²) in [5.74, 6) is 1.19. The summed E-state index contributed by atoms with van der Waals surface area (Å²) in [5, 5.41) is 3.98. The van der Waals surface area contributed by atoms with Gasteiger partial charge in [-0.2, -0.15) is 4.98 Å². The van der Waals surface area contributed by atoms with Crippen LogP contribution in [0.25, 0.3) is 0 Å². The lowest BCUT2D eigenvalue weighted by Gasteiger charge is -2.36. The smallest absolute Gasteiger partial charge is 0.240 e. The first-order chi connectivity index (χ1) is 9.28. The average Bonchev–Trinajstić information content (AvgIpc) is 2.90. The van der Waals surface area contributed by atoms with Gasteiger partial charge in [-0.1, -0.05) is 23.4 Å². The van der Waals surface area contributed by atoms with Crippen LogP contribution in [0.15, 0.2) is 28.8 Å². The monoisotopic (exact) mass is 294 g/mol. The molecule has 6 heteroatoms. The molecule has 0 saturated heterocycles. The minimum absolute atomic E-state index is 0. The van der Waals surface area contributed by atoms with Crippen LogP contribution < -0.4 is 10.6 Å². The Labute approximate surface area is 124 Å². The third kappa shape index (κ3) is 2.78. The van der Waals surface area contributed by atoms with Gasteiger partial charge in [0.2, 0.25) is 5.89 Å². The number of rotatable bonds is 3. The van der Waals surface area contributed by atoms with Crippen LogP contribution in [-0.4, -0.2) is 16.2 Å². The van der Waals surface area contributed by atoms with Crippen molar-refractivity contribution in [2.24, 2.45) is 5.73 Å². The van der Waals surface area contributed by atoms with Crippen molar-refractivity contribution >= 4 is 18.1 Å². The van der Waals surface area contributed by atoms with Crippen LogP contribution in [0.1, 0.15) is 30.6 Å². The van der Waals surface area contributed by atoms with Crippen LogP contribution in [0.2, 0.25) is 0 Å². The fourth-order valence-electron chi connectivity index (χ4n) is 2.59. The van der Waals surface area contributed by atoms with E-state index in [2.05, 4.69) is 46.2 Å². The molecule has 0 bridgehead atoms. The van der Waals surface area contributed by atoms with Crippen molar-refractivity contribution < 1.29 is 4.52 Å². The van der Waals surface area contributed by atoms with Gasteiger partial charge in [0.1, 0.15) is 0 Å². The summed E-state index contributed by atoms with van der Waals surface area (Å²) in [5.41, 5.74) is 8.16. The van der Waals surface area contributed by atoms with Crippen LogP contribution in [0.4, 0.5) is 5.69 Å². The third-order valence-corrected chi connectivity index (χ3v) is 3.66. The second kappa shape index (κ2) is 6.24. The SMILES string of the molecule is CC1CCc2ccccc2N1Cc1noc(CN)n1.Cl. The summed E-state index contributed by atoms with van der Waals surface area (Å²) in [4.78, 5) is 6.62. The number of nitrogens with zero attached hydrogens (tertiary/aromatic N) is 3. The molecule has 1 aliphatic heterocycles. The Morgan fingerprint density at radius 1 is 1.40 bits per heavy atom. The van der Waals surface area contributed by atoms with Gasteiger partial charge < -0.3 is 15.2 Å². The molecular weight excluding hydrogens is 276 g/mol. The molecule has 0 amide bonds. The van der Waals surface area contributed by atoms with Crippen LogP contribution >= 0.6 is 12.4 Å². The predicted molar refractivity (Wildman–Crippen MR) is 79.8 cm³/mol. The van der Waals surface area contributed by atoms with Crippen molar-refractivity contribution in [2.45, 2.75) is 38.9 Å². The molecule has 0 spiro atoms. The molecule has 108 valence electrons. The molecule has 0 saturated carbocycles. The second-order valence-corrected chi connectivity index (χ2v) is 4.95. The van der Waals surface area contributed by atoms with Crippen molar-refractivity contribution in [1.29, 1.82) is 0 Å². The lowest BCUT2D eigenvalue weighted by atomic mass is 9.97. The number of fused-ring (bicyclic) bond motifs is 1. The highest BCUT2D eigenvalue weighted by atomic mass is 35.5. The largest absolute Gasteiger partial charge is 0.361 e. The number of aryl methyl sites for hydroxylation is 1. The zero-order valence-electron chi connectivity index (χ0n) is 11.5. The number of aromatic nitrogens is 2. The van der Waals surface area contributed by atoms with Crippen molar-refractivity contribution in [2.75, 3.05) is 4.90 Å². The molecule has 2 N–H and O–H groups in total. The number of nitrogens with two attached hydrogens (primary N) is 1. The van der Waals surface area contributed by atoms with Gasteiger partial charge in [0, 0.05) is 11.7 Å². The minimum atomic E-state index is 0. The molecule has 2 aromatic rings. The van der Waals surface area contributed by atoms with Crippen LogP contribution in [0, 0.1) is 0 Å². The number of benzene rings is 1. The number of hydrogen-bond acceptors (Lipinski definition) is 5. The molecule has 1 atom stereocenters. The van der Waals surface area contributed by atoms with Gasteiger partial charge in [0.05, 0.1) is 13.1 Å². The summed E-state index contributed by atoms with van der Waals surface area (Å²) >= 11 is 0. The Balaban J connectivity index is 0.00000147. The van der Waals surface area contributed by atoms with Crippen molar-refractivity contribution in [1.82, 2.24) is 10.1 Å². The fourth-order valence-corrected chi connectivity index (χ4v) is 2.59. The van der Waals surface area contributed by atoms with Gasteiger partial charge in [-0.15, -0.1) is 12.4 Å². The second-order valence-electron chi connectivity index (χ2n) is 4.95. The van der Waals surface area contributed by atoms with Crippen LogP contribution in [-0.2, 0) is 19.5 Å². The third-order valence-electron chi connectivity index (χ3n) is 3.66. The van der Waals surface area contributed by atoms with Gasteiger partial charge in [-0.25, -0.2) is 0 Å². The summed E-state index contributed by atoms with van der Waals surface area (Å²) < 4.78 is 5.07. The maximum atomic E-state index is 5.49. The Morgan fingerprint density at radius 2 is 2.20 bits per heavy atom. The van der Waals surface area contributed by atoms with Gasteiger partial charge in [-0.05, 0) is 31.4 Å². The lowest BCUT2D eigenvalue weighted by molar-refractivity contribution is 0.373. The molecular formula is C14H19ClN4O. The number of hydrogen-bond donors (Lipinski definition) is 1. The van der Waals surface area contributed by atoms with Gasteiger partial charge in [0.15, 0.2) is 5.82 Å². The van der Waals surface area contributed by atoms with E-state index in [9.17, 15) is 0 Å². The number of anilines is 1. The molecule has 1 aromatic heterocycles. The summed E-state index contributed by atoms with van der Waals surface area (Å²) in [6.07, 6.45) is 2.28. The molecule has 2 heterocycles. The predicted octanol–water partition coefficient (Wildman–Crippen LogP) is 2.29. The topological polar surface area (TPSA) is 68.2 Å². The highest BCUT2D eigenvalue weighted by Crippen LogP contribution is 2.31. The Kier molecular flexibility index (Phi) is 4.62. The molecule has 0 aliphatic carbocycles. The normalized spacial score (nSPS) is 17.5. The maximum absolute atomic E-state index is 5.49. The Morgan fingerprint density at radius 3 is 2.95 bits per heavy atom. The molecule has 1 aliphatic rings. The van der Waals surface area contributed by atoms with E-state index in [4.69, 9.17) is 10.3 Å². The zero-order chi connectivity index (χ0) is 13.2. The molecule has 3 rings (SSSR count). The quantitative estimate of drug-likeness (QED) is 0.940. The standard InChI is InChI=1S/C14H18N4O.ClH/c1-10-6-7-11-4-2-3-5-12(11)18(10)9-13-16-14(8-15)19-17-13;/h2-5,10H,6-9,15H2,1H3;1H. The van der Waals surface area contributed by atoms with E-state index in [1.54, 1.807) is 0 Å². The van der Waals surface area contributed by atoms with Gasteiger partial charge in [-0.3, -0.25) is 0 Å². The molecule has 0 fully saturated rings. The first kappa shape index (κ1) is 14.8. The van der Waals surface area contributed by atoms with E-state index in [1.165, 1.54) is 11.3 Å². The summed E-state index contributed by atoms with van der Waals surface area (Å²) in [6, 6.07) is 9.00. The number of halogens is 1. The summed E-state index contributed by atoms with van der Waals surface area (Å²) in [7, 11) is 0. The number of para-hydroxylation sites is 1. The first-order valence-electron chi connectivity index (χ1n) is 6.64. The van der Waals surface area contributed by atoms with Crippen molar-refractivity contribution in [3.05, 3.63) is 41.5 Å². The molecule has 20 heavy (non-hydrogen) atoms. The van der Waals surface area contributed by atoms with E-state index in [1.807, 2.05) is 0 Å². The fraction of sp³-hybridized carbons (Fsp3) is 0.429. The first-order valence-corrected chi connectivity index (χ1v) is 6.64. The van der Waals surface area contributed by atoms with Crippen LogP contribution in [0.5, 0.6) is 0 Å². The van der Waals surface area contributed by atoms with E-state index < -0.39 is 0 Å². The maximum Gasteiger partial charge on any atom is 0.240 e. The van der Waals surface area contributed by atoms with Gasteiger partial charge in [0.25, 0.3) is 0 Å². The Bertz CT molecular complexity index is 572. The molecule has 5 nitrogen and oxygen atoms in total. The minimum Gasteiger partial charge on any atom is -0.361 e. The van der Waals surface area contributed by atoms with E-state index in [0.717, 1.165) is 12.8 Å². The highest BCUT2D eigenvalue weighted by molar-refractivity contribution is 5.85. The summed E-state index contributed by atoms with van der Waals surface area (Å²) in [6.45, 7) is 3.20. The highest BCUT2D eigenvalue weighted by Gasteiger charge is 2.24. The van der Waals surface area contributed by atoms with E-state index in [0.29, 0.717) is 30.8 Å². The lowest BCUT2D eigenvalue weighted by Crippen LogP contribution is -2.37. The van der Waals surface area contributed by atoms with E-state index >= 15 is 0 Å². The molecule has 0 radical (unpaired) electrons.